The molecule has 6 N–H and O–H groups in total. The number of carbonyl (C=O) groups excluding carboxylic acids is 3. The van der Waals surface area contributed by atoms with Gasteiger partial charge in [0.2, 0.25) is 0 Å². The molecule has 3 amide bonds. The van der Waals surface area contributed by atoms with E-state index in [1.165, 1.54) is 36.8 Å². The predicted molar refractivity (Wildman–Crippen MR) is 267 cm³/mol. The number of aryl methyl sites for hydroxylation is 2. The average molecular weight is 955 g/mol. The van der Waals surface area contributed by atoms with Crippen LogP contribution in [0.25, 0.3) is 0 Å². The maximum atomic E-state index is 13.1. The first kappa shape index (κ1) is 45.6. The maximum Gasteiger partial charge on any atom is 0.271 e. The SMILES string of the molecule is Cn1cc(Nc2nc(N3C4CCC(NC(=O)c5ccc(C6CC6)cc5)C3CC4)cnc2C#N)cn1.Cn1cc(Nc2nc(N3C4CCC(NC(=O)c5ccc(C6CC6)cc5)C3CC4)cnc2C(N)=O)cn1. The lowest BCUT2D eigenvalue weighted by atomic mass is 9.96. The molecule has 0 spiro atoms. The molecule has 6 aliphatic rings. The monoisotopic (exact) mass is 954 g/mol. The number of fused-ring (bicyclic) bond motifs is 4. The van der Waals surface area contributed by atoms with Crippen LogP contribution in [0.1, 0.15) is 137 Å². The second-order valence-corrected chi connectivity index (χ2v) is 19.9. The zero-order chi connectivity index (χ0) is 48.8. The number of benzene rings is 2. The molecule has 19 nitrogen and oxygen atoms in total. The zero-order valence-electron chi connectivity index (χ0n) is 39.9. The van der Waals surface area contributed by atoms with Gasteiger partial charge in [0, 0.05) is 61.8 Å². The fourth-order valence-corrected chi connectivity index (χ4v) is 11.2. The molecule has 12 rings (SSSR count). The molecule has 4 aliphatic heterocycles. The van der Waals surface area contributed by atoms with E-state index in [9.17, 15) is 19.6 Å². The number of nitrogens with one attached hydrogen (secondary N) is 4. The van der Waals surface area contributed by atoms with Crippen molar-refractivity contribution in [1.82, 2.24) is 50.1 Å². The van der Waals surface area contributed by atoms with Crippen molar-refractivity contribution in [3.8, 4) is 6.07 Å². The fourth-order valence-electron chi connectivity index (χ4n) is 11.2. The van der Waals surface area contributed by atoms with Gasteiger partial charge in [0.1, 0.15) is 17.7 Å². The van der Waals surface area contributed by atoms with Crippen LogP contribution in [0.3, 0.4) is 0 Å². The largest absolute Gasteiger partial charge is 0.364 e. The normalized spacial score (nSPS) is 23.0. The van der Waals surface area contributed by atoms with Crippen LogP contribution in [-0.4, -0.2) is 93.5 Å². The Hall–Kier alpha value is -7.88. The van der Waals surface area contributed by atoms with Crippen LogP contribution in [0.4, 0.5) is 34.6 Å². The lowest BCUT2D eigenvalue weighted by molar-refractivity contribution is 0.0916. The molecule has 6 unspecified atom stereocenters. The number of rotatable bonds is 13. The lowest BCUT2D eigenvalue weighted by Gasteiger charge is -2.41. The summed E-state index contributed by atoms with van der Waals surface area (Å²) in [7, 11) is 3.64. The molecular formula is C52H58N16O3. The third-order valence-electron chi connectivity index (χ3n) is 15.0. The molecule has 6 aromatic rings. The van der Waals surface area contributed by atoms with E-state index in [4.69, 9.17) is 15.7 Å². The second-order valence-electron chi connectivity index (χ2n) is 19.9. The molecular weight excluding hydrogens is 897 g/mol. The van der Waals surface area contributed by atoms with Crippen LogP contribution in [0, 0.1) is 11.3 Å². The number of hydrogen-bond acceptors (Lipinski definition) is 14. The lowest BCUT2D eigenvalue weighted by Crippen LogP contribution is -2.55. The van der Waals surface area contributed by atoms with Crippen LogP contribution in [0.2, 0.25) is 0 Å². The number of amides is 3. The Labute approximate surface area is 411 Å². The van der Waals surface area contributed by atoms with Crippen molar-refractivity contribution in [3.05, 3.63) is 119 Å². The summed E-state index contributed by atoms with van der Waals surface area (Å²) >= 11 is 0. The summed E-state index contributed by atoms with van der Waals surface area (Å²) in [5.74, 6) is 2.76. The summed E-state index contributed by atoms with van der Waals surface area (Å²) in [6.45, 7) is 0. The van der Waals surface area contributed by atoms with Crippen LogP contribution in [-0.2, 0) is 14.1 Å². The molecule has 2 saturated carbocycles. The zero-order valence-corrected chi connectivity index (χ0v) is 39.9. The Bertz CT molecular complexity index is 2990. The number of carbonyl (C=O) groups is 3. The molecule has 71 heavy (non-hydrogen) atoms. The molecule has 19 heteroatoms. The summed E-state index contributed by atoms with van der Waals surface area (Å²) in [5.41, 5.74) is 11.4. The van der Waals surface area contributed by atoms with E-state index in [-0.39, 0.29) is 47.4 Å². The number of nitrogens with zero attached hydrogens (tertiary/aromatic N) is 11. The molecule has 2 aliphatic carbocycles. The summed E-state index contributed by atoms with van der Waals surface area (Å²) in [6.07, 6.45) is 23.1. The fraction of sp³-hybridized carbons (Fsp3) is 0.423. The first-order valence-electron chi connectivity index (χ1n) is 24.9. The summed E-state index contributed by atoms with van der Waals surface area (Å²) < 4.78 is 3.34. The Morgan fingerprint density at radius 3 is 1.48 bits per heavy atom. The van der Waals surface area contributed by atoms with Crippen molar-refractivity contribution < 1.29 is 14.4 Å². The third kappa shape index (κ3) is 9.70. The highest BCUT2D eigenvalue weighted by molar-refractivity contribution is 5.97. The molecule has 364 valence electrons. The van der Waals surface area contributed by atoms with Crippen LogP contribution in [0.15, 0.2) is 85.7 Å². The minimum absolute atomic E-state index is 0.00621. The molecule has 6 fully saturated rings. The molecule has 2 aromatic carbocycles. The quantitative estimate of drug-likeness (QED) is 0.0831. The van der Waals surface area contributed by atoms with E-state index in [0.29, 0.717) is 58.2 Å². The van der Waals surface area contributed by atoms with Gasteiger partial charge in [-0.15, -0.1) is 0 Å². The van der Waals surface area contributed by atoms with Crippen molar-refractivity contribution in [2.24, 2.45) is 19.8 Å². The first-order chi connectivity index (χ1) is 34.5. The van der Waals surface area contributed by atoms with E-state index < -0.39 is 5.91 Å². The predicted octanol–water partition coefficient (Wildman–Crippen LogP) is 6.49. The topological polar surface area (TPSA) is 243 Å². The van der Waals surface area contributed by atoms with E-state index in [1.54, 1.807) is 40.3 Å². The standard InChI is InChI=1S/C26H30N8O2.C26H28N8O/c1-33-14-18(12-29-33)30-25-23(24(27)35)28-13-22(32-25)34-19-8-10-20(21(34)11-9-19)31-26(36)17-6-4-16(5-7-17)15-2-3-15;1-33-15-19(13-29-33)30-25-22(12-27)28-14-24(32-25)34-20-8-10-21(23(34)11-9-20)31-26(35)18-6-4-17(5-7-18)16-2-3-16/h4-7,12-15,19-21H,2-3,8-11H2,1H3,(H2,27,35)(H,30,32)(H,31,36);4-7,13-16,20-21,23H,2-3,8-11H2,1H3,(H,30,32)(H,31,35). The van der Waals surface area contributed by atoms with Gasteiger partial charge in [0.25, 0.3) is 17.7 Å². The smallest absolute Gasteiger partial charge is 0.271 e. The first-order valence-corrected chi connectivity index (χ1v) is 24.9. The maximum absolute atomic E-state index is 13.1. The number of aromatic nitrogens is 8. The molecule has 8 heterocycles. The number of piperidine rings is 2. The van der Waals surface area contributed by atoms with Gasteiger partial charge in [0.15, 0.2) is 23.0 Å². The second kappa shape index (κ2) is 19.1. The van der Waals surface area contributed by atoms with Gasteiger partial charge in [-0.1, -0.05) is 24.3 Å². The molecule has 6 atom stereocenters. The van der Waals surface area contributed by atoms with Crippen LogP contribution in [0.5, 0.6) is 0 Å². The number of nitriles is 1. The van der Waals surface area contributed by atoms with Gasteiger partial charge in [-0.05, 0) is 124 Å². The number of hydrogen-bond donors (Lipinski definition) is 5. The number of anilines is 6. The van der Waals surface area contributed by atoms with Crippen LogP contribution < -0.4 is 36.8 Å². The highest BCUT2D eigenvalue weighted by Crippen LogP contribution is 2.43. The molecule has 4 saturated heterocycles. The van der Waals surface area contributed by atoms with E-state index in [1.807, 2.05) is 44.6 Å². The Morgan fingerprint density at radius 2 is 1.04 bits per heavy atom. The molecule has 0 radical (unpaired) electrons. The van der Waals surface area contributed by atoms with Crippen molar-refractivity contribution >= 4 is 52.4 Å². The third-order valence-corrected chi connectivity index (χ3v) is 15.0. The minimum atomic E-state index is -0.653. The summed E-state index contributed by atoms with van der Waals surface area (Å²) in [4.78, 5) is 61.0. The van der Waals surface area contributed by atoms with Crippen molar-refractivity contribution in [2.45, 2.75) is 125 Å². The average Bonchev–Trinajstić information content (AvgIpc) is 4.28. The van der Waals surface area contributed by atoms with Crippen molar-refractivity contribution in [1.29, 1.82) is 5.26 Å². The van der Waals surface area contributed by atoms with Gasteiger partial charge in [-0.2, -0.15) is 15.5 Å². The van der Waals surface area contributed by atoms with Gasteiger partial charge >= 0.3 is 0 Å². The Morgan fingerprint density at radius 1 is 0.592 bits per heavy atom. The van der Waals surface area contributed by atoms with Crippen molar-refractivity contribution in [2.75, 3.05) is 20.4 Å². The van der Waals surface area contributed by atoms with Crippen LogP contribution >= 0.6 is 0 Å². The van der Waals surface area contributed by atoms with Gasteiger partial charge in [-0.3, -0.25) is 23.7 Å². The summed E-state index contributed by atoms with van der Waals surface area (Å²) in [6, 6.07) is 19.2. The molecule has 4 aromatic heterocycles. The van der Waals surface area contributed by atoms with E-state index in [2.05, 4.69) is 81.6 Å². The number of primary amides is 1. The van der Waals surface area contributed by atoms with E-state index in [0.717, 1.165) is 62.9 Å². The van der Waals surface area contributed by atoms with E-state index >= 15 is 0 Å². The van der Waals surface area contributed by atoms with Gasteiger partial charge in [0.05, 0.1) is 48.2 Å². The number of nitrogens with two attached hydrogens (primary N) is 1. The Kier molecular flexibility index (Phi) is 12.3. The van der Waals surface area contributed by atoms with Gasteiger partial charge in [-0.25, -0.2) is 19.9 Å². The highest BCUT2D eigenvalue weighted by Gasteiger charge is 2.45. The highest BCUT2D eigenvalue weighted by atomic mass is 16.2. The molecule has 4 bridgehead atoms. The Balaban J connectivity index is 0.000000154. The van der Waals surface area contributed by atoms with Gasteiger partial charge < -0.3 is 36.8 Å². The summed E-state index contributed by atoms with van der Waals surface area (Å²) in [5, 5.41) is 30.8. The van der Waals surface area contributed by atoms with Crippen molar-refractivity contribution in [3.63, 3.8) is 0 Å². The minimum Gasteiger partial charge on any atom is -0.364 e.